The molecule has 1 fully saturated rings. The maximum absolute atomic E-state index is 13.2. The Morgan fingerprint density at radius 3 is 2.81 bits per heavy atom. The van der Waals surface area contributed by atoms with Gasteiger partial charge < -0.3 is 10.2 Å². The van der Waals surface area contributed by atoms with Gasteiger partial charge in [-0.15, -0.1) is 17.5 Å². The minimum atomic E-state index is -0.282. The Balaban J connectivity index is 0.00000243. The molecule has 1 aromatic carbocycles. The fourth-order valence-electron chi connectivity index (χ4n) is 3.23. The number of piperidine rings is 1. The third-order valence-corrected chi connectivity index (χ3v) is 4.70. The number of benzene rings is 1. The van der Waals surface area contributed by atoms with Crippen molar-refractivity contribution < 1.29 is 9.18 Å². The molecule has 0 saturated carbocycles. The fourth-order valence-corrected chi connectivity index (χ4v) is 3.23. The quantitative estimate of drug-likeness (QED) is 0.834. The van der Waals surface area contributed by atoms with E-state index in [2.05, 4.69) is 15.6 Å². The van der Waals surface area contributed by atoms with Gasteiger partial charge in [0.2, 0.25) is 0 Å². The summed E-state index contributed by atoms with van der Waals surface area (Å²) >= 11 is 0. The van der Waals surface area contributed by atoms with Gasteiger partial charge in [0, 0.05) is 13.1 Å². The monoisotopic (exact) mass is 381 g/mol. The highest BCUT2D eigenvalue weighted by Crippen LogP contribution is 2.21. The summed E-state index contributed by atoms with van der Waals surface area (Å²) in [5, 5.41) is 11.2. The number of halogens is 2. The van der Waals surface area contributed by atoms with E-state index < -0.39 is 0 Å². The van der Waals surface area contributed by atoms with E-state index in [9.17, 15) is 9.18 Å². The van der Waals surface area contributed by atoms with Crippen molar-refractivity contribution in [2.24, 2.45) is 5.92 Å². The molecule has 6 nitrogen and oxygen atoms in total. The van der Waals surface area contributed by atoms with Crippen molar-refractivity contribution in [3.05, 3.63) is 47.5 Å². The Labute approximate surface area is 159 Å². The number of hydrogen-bond acceptors (Lipinski definition) is 4. The molecule has 1 N–H and O–H groups in total. The van der Waals surface area contributed by atoms with Crippen molar-refractivity contribution >= 4 is 18.3 Å². The highest BCUT2D eigenvalue weighted by molar-refractivity contribution is 5.92. The molecule has 1 aliphatic heterocycles. The lowest BCUT2D eigenvalue weighted by Gasteiger charge is -2.31. The SMILES string of the molecule is CNCCC1CCN(C(=O)c2cn(Cc3cccc(F)c3)nn2)CC1.Cl. The van der Waals surface area contributed by atoms with Crippen LogP contribution in [0.5, 0.6) is 0 Å². The highest BCUT2D eigenvalue weighted by atomic mass is 35.5. The number of aromatic nitrogens is 3. The Morgan fingerprint density at radius 2 is 2.12 bits per heavy atom. The van der Waals surface area contributed by atoms with E-state index in [1.807, 2.05) is 18.0 Å². The number of hydrogen-bond donors (Lipinski definition) is 1. The first-order chi connectivity index (χ1) is 12.2. The van der Waals surface area contributed by atoms with Crippen molar-refractivity contribution in [3.8, 4) is 0 Å². The Hall–Kier alpha value is -1.99. The maximum Gasteiger partial charge on any atom is 0.276 e. The predicted octanol–water partition coefficient (Wildman–Crippen LogP) is 2.35. The van der Waals surface area contributed by atoms with Crippen molar-refractivity contribution in [3.63, 3.8) is 0 Å². The van der Waals surface area contributed by atoms with E-state index in [-0.39, 0.29) is 24.1 Å². The first-order valence-corrected chi connectivity index (χ1v) is 8.74. The number of rotatable bonds is 6. The van der Waals surface area contributed by atoms with Crippen LogP contribution >= 0.6 is 12.4 Å². The van der Waals surface area contributed by atoms with Crippen LogP contribution in [0.2, 0.25) is 0 Å². The molecule has 0 unspecified atom stereocenters. The van der Waals surface area contributed by atoms with Crippen LogP contribution in [-0.4, -0.2) is 52.5 Å². The van der Waals surface area contributed by atoms with Gasteiger partial charge in [-0.2, -0.15) is 0 Å². The van der Waals surface area contributed by atoms with Crippen LogP contribution in [0.25, 0.3) is 0 Å². The molecule has 1 amide bonds. The zero-order valence-corrected chi connectivity index (χ0v) is 15.7. The van der Waals surface area contributed by atoms with Gasteiger partial charge in [-0.3, -0.25) is 4.79 Å². The van der Waals surface area contributed by atoms with E-state index in [4.69, 9.17) is 0 Å². The average Bonchev–Trinajstić information content (AvgIpc) is 3.08. The number of carbonyl (C=O) groups excluding carboxylic acids is 1. The van der Waals surface area contributed by atoms with E-state index in [0.29, 0.717) is 18.2 Å². The van der Waals surface area contributed by atoms with Crippen molar-refractivity contribution in [2.75, 3.05) is 26.7 Å². The van der Waals surface area contributed by atoms with Crippen LogP contribution in [0.1, 0.15) is 35.3 Å². The second kappa shape index (κ2) is 9.64. The molecular formula is C18H25ClFN5O. The van der Waals surface area contributed by atoms with Gasteiger partial charge in [0.1, 0.15) is 5.82 Å². The first kappa shape index (κ1) is 20.3. The van der Waals surface area contributed by atoms with E-state index in [1.165, 1.54) is 12.1 Å². The van der Waals surface area contributed by atoms with Crippen LogP contribution in [0.4, 0.5) is 4.39 Å². The second-order valence-corrected chi connectivity index (χ2v) is 6.56. The Kier molecular flexibility index (Phi) is 7.53. The molecule has 0 aliphatic carbocycles. The summed E-state index contributed by atoms with van der Waals surface area (Å²) in [4.78, 5) is 14.4. The lowest BCUT2D eigenvalue weighted by Crippen LogP contribution is -2.39. The molecule has 142 valence electrons. The van der Waals surface area contributed by atoms with E-state index >= 15 is 0 Å². The van der Waals surface area contributed by atoms with E-state index in [0.717, 1.165) is 44.5 Å². The maximum atomic E-state index is 13.2. The van der Waals surface area contributed by atoms with Gasteiger partial charge in [0.25, 0.3) is 5.91 Å². The summed E-state index contributed by atoms with van der Waals surface area (Å²) < 4.78 is 14.8. The zero-order chi connectivity index (χ0) is 17.6. The average molecular weight is 382 g/mol. The van der Waals surface area contributed by atoms with Crippen LogP contribution in [0, 0.1) is 11.7 Å². The molecule has 0 bridgehead atoms. The normalized spacial score (nSPS) is 14.9. The van der Waals surface area contributed by atoms with Crippen molar-refractivity contribution in [2.45, 2.75) is 25.8 Å². The van der Waals surface area contributed by atoms with Crippen molar-refractivity contribution in [1.29, 1.82) is 0 Å². The van der Waals surface area contributed by atoms with Gasteiger partial charge in [-0.1, -0.05) is 17.3 Å². The number of nitrogens with zero attached hydrogens (tertiary/aromatic N) is 4. The first-order valence-electron chi connectivity index (χ1n) is 8.74. The van der Waals surface area contributed by atoms with E-state index in [1.54, 1.807) is 16.9 Å². The summed E-state index contributed by atoms with van der Waals surface area (Å²) in [6, 6.07) is 6.34. The topological polar surface area (TPSA) is 63.1 Å². The predicted molar refractivity (Wildman–Crippen MR) is 99.9 cm³/mol. The molecule has 0 atom stereocenters. The molecular weight excluding hydrogens is 357 g/mol. The minimum absolute atomic E-state index is 0. The molecule has 0 radical (unpaired) electrons. The molecule has 3 rings (SSSR count). The number of likely N-dealkylation sites (tertiary alicyclic amines) is 1. The summed E-state index contributed by atoms with van der Waals surface area (Å²) in [7, 11) is 1.96. The van der Waals surface area contributed by atoms with Crippen LogP contribution < -0.4 is 5.32 Å². The Bertz CT molecular complexity index is 715. The van der Waals surface area contributed by atoms with Crippen LogP contribution in [0.15, 0.2) is 30.5 Å². The molecule has 1 saturated heterocycles. The summed E-state index contributed by atoms with van der Waals surface area (Å²) in [5.74, 6) is 0.327. The highest BCUT2D eigenvalue weighted by Gasteiger charge is 2.25. The molecule has 2 heterocycles. The molecule has 8 heteroatoms. The Morgan fingerprint density at radius 1 is 1.35 bits per heavy atom. The van der Waals surface area contributed by atoms with Crippen LogP contribution in [0.3, 0.4) is 0 Å². The standard InChI is InChI=1S/C18H24FN5O.ClH/c1-20-8-5-14-6-9-23(10-7-14)18(25)17-13-24(22-21-17)12-15-3-2-4-16(19)11-15;/h2-4,11,13-14,20H,5-10,12H2,1H3;1H. The largest absolute Gasteiger partial charge is 0.337 e. The molecule has 2 aromatic rings. The summed E-state index contributed by atoms with van der Waals surface area (Å²) in [5.41, 5.74) is 1.14. The molecule has 26 heavy (non-hydrogen) atoms. The number of amides is 1. The smallest absolute Gasteiger partial charge is 0.276 e. The van der Waals surface area contributed by atoms with Crippen molar-refractivity contribution in [1.82, 2.24) is 25.2 Å². The summed E-state index contributed by atoms with van der Waals surface area (Å²) in [6.07, 6.45) is 4.86. The van der Waals surface area contributed by atoms with Gasteiger partial charge in [-0.25, -0.2) is 9.07 Å². The van der Waals surface area contributed by atoms with Gasteiger partial charge in [0.15, 0.2) is 5.69 Å². The van der Waals surface area contributed by atoms with Gasteiger partial charge in [-0.05, 0) is 56.5 Å². The second-order valence-electron chi connectivity index (χ2n) is 6.56. The lowest BCUT2D eigenvalue weighted by molar-refractivity contribution is 0.0681. The molecule has 1 aliphatic rings. The van der Waals surface area contributed by atoms with Gasteiger partial charge in [0.05, 0.1) is 12.7 Å². The van der Waals surface area contributed by atoms with Gasteiger partial charge >= 0.3 is 0 Å². The third-order valence-electron chi connectivity index (χ3n) is 4.70. The lowest BCUT2D eigenvalue weighted by atomic mass is 9.93. The fraction of sp³-hybridized carbons (Fsp3) is 0.500. The molecule has 1 aromatic heterocycles. The third kappa shape index (κ3) is 5.25. The zero-order valence-electron chi connectivity index (χ0n) is 14.9. The number of nitrogens with one attached hydrogen (secondary N) is 1. The summed E-state index contributed by atoms with van der Waals surface area (Å²) in [6.45, 7) is 2.95. The number of carbonyl (C=O) groups is 1. The minimum Gasteiger partial charge on any atom is -0.337 e. The van der Waals surface area contributed by atoms with Crippen LogP contribution in [-0.2, 0) is 6.54 Å². The molecule has 0 spiro atoms.